The van der Waals surface area contributed by atoms with Crippen molar-refractivity contribution < 1.29 is 29.4 Å². The predicted molar refractivity (Wildman–Crippen MR) is 169 cm³/mol. The fourth-order valence-corrected chi connectivity index (χ4v) is 5.02. The second-order valence-corrected chi connectivity index (χ2v) is 10.8. The van der Waals surface area contributed by atoms with E-state index in [2.05, 4.69) is 33.6 Å². The lowest BCUT2D eigenvalue weighted by molar-refractivity contribution is -0.141. The van der Waals surface area contributed by atoms with E-state index in [0.29, 0.717) is 5.56 Å². The zero-order valence-electron chi connectivity index (χ0n) is 23.8. The highest BCUT2D eigenvalue weighted by Crippen LogP contribution is 2.19. The molecule has 8 N–H and O–H groups in total. The molecule has 4 rings (SSSR count). The molecule has 0 fully saturated rings. The number of thiol groups is 1. The van der Waals surface area contributed by atoms with Crippen molar-refractivity contribution in [3.63, 3.8) is 0 Å². The standard InChI is InChI=1S/C32H35N5O6S/c33-24(16-21-17-34-25-9-5-4-8-23(21)25)29(39)35-26(15-20-10-12-22(38)13-11-20)30(40)36-27(14-19-6-2-1-3-7-19)31(41)37-28(18-44)32(42)43/h1-13,17,24,26-28,34,38,44H,14-16,18,33H2,(H,35,39)(H,36,40)(H,37,41)(H,42,43). The van der Waals surface area contributed by atoms with E-state index in [9.17, 15) is 29.4 Å². The number of carboxylic acid groups (broad SMARTS) is 1. The maximum Gasteiger partial charge on any atom is 0.327 e. The van der Waals surface area contributed by atoms with Gasteiger partial charge >= 0.3 is 5.97 Å². The van der Waals surface area contributed by atoms with E-state index >= 15 is 0 Å². The van der Waals surface area contributed by atoms with Gasteiger partial charge < -0.3 is 36.9 Å². The number of para-hydroxylation sites is 1. The average Bonchev–Trinajstić information content (AvgIpc) is 3.42. The first-order valence-electron chi connectivity index (χ1n) is 14.0. The summed E-state index contributed by atoms with van der Waals surface area (Å²) in [4.78, 5) is 55.0. The molecule has 4 unspecified atom stereocenters. The predicted octanol–water partition coefficient (Wildman–Crippen LogP) is 1.70. The Bertz CT molecular complexity index is 1590. The number of carboxylic acids is 1. The maximum absolute atomic E-state index is 13.7. The van der Waals surface area contributed by atoms with Crippen molar-refractivity contribution in [1.29, 1.82) is 0 Å². The molecule has 0 saturated carbocycles. The molecule has 0 aliphatic heterocycles. The highest BCUT2D eigenvalue weighted by atomic mass is 32.1. The van der Waals surface area contributed by atoms with Crippen LogP contribution in [0.2, 0.25) is 0 Å². The zero-order chi connectivity index (χ0) is 31.6. The number of aromatic hydroxyl groups is 1. The smallest absolute Gasteiger partial charge is 0.327 e. The first-order chi connectivity index (χ1) is 21.1. The Morgan fingerprint density at radius 1 is 0.727 bits per heavy atom. The zero-order valence-corrected chi connectivity index (χ0v) is 24.7. The molecule has 1 aromatic heterocycles. The van der Waals surface area contributed by atoms with Gasteiger partial charge in [-0.1, -0.05) is 60.7 Å². The Hall–Kier alpha value is -4.81. The van der Waals surface area contributed by atoms with Crippen molar-refractivity contribution >= 4 is 47.2 Å². The van der Waals surface area contributed by atoms with Crippen LogP contribution < -0.4 is 21.7 Å². The number of phenols is 1. The van der Waals surface area contributed by atoms with Crippen LogP contribution in [-0.4, -0.2) is 68.8 Å². The van der Waals surface area contributed by atoms with Crippen LogP contribution in [0.1, 0.15) is 16.7 Å². The van der Waals surface area contributed by atoms with Crippen molar-refractivity contribution in [1.82, 2.24) is 20.9 Å². The van der Waals surface area contributed by atoms with Crippen LogP contribution in [-0.2, 0) is 38.4 Å². The van der Waals surface area contributed by atoms with Gasteiger partial charge in [-0.3, -0.25) is 14.4 Å². The molecule has 0 bridgehead atoms. The third-order valence-corrected chi connectivity index (χ3v) is 7.54. The van der Waals surface area contributed by atoms with Gasteiger partial charge in [0.2, 0.25) is 17.7 Å². The number of phenolic OH excluding ortho intramolecular Hbond substituents is 1. The molecule has 12 heteroatoms. The summed E-state index contributed by atoms with van der Waals surface area (Å²) in [6.45, 7) is 0. The van der Waals surface area contributed by atoms with Gasteiger partial charge in [0.25, 0.3) is 0 Å². The quantitative estimate of drug-likeness (QED) is 0.0989. The number of amides is 3. The molecule has 0 radical (unpaired) electrons. The largest absolute Gasteiger partial charge is 0.508 e. The fraction of sp³-hybridized carbons (Fsp3) is 0.250. The number of carbonyl (C=O) groups is 4. The molecular formula is C32H35N5O6S. The summed E-state index contributed by atoms with van der Waals surface area (Å²) in [5, 5.41) is 27.9. The number of fused-ring (bicyclic) bond motifs is 1. The summed E-state index contributed by atoms with van der Waals surface area (Å²) in [5.41, 5.74) is 9.41. The Morgan fingerprint density at radius 2 is 1.27 bits per heavy atom. The second-order valence-electron chi connectivity index (χ2n) is 10.4. The van der Waals surface area contributed by atoms with Crippen molar-refractivity contribution in [2.45, 2.75) is 43.4 Å². The van der Waals surface area contributed by atoms with E-state index < -0.39 is 47.9 Å². The third-order valence-electron chi connectivity index (χ3n) is 7.17. The minimum Gasteiger partial charge on any atom is -0.508 e. The van der Waals surface area contributed by atoms with Gasteiger partial charge in [0, 0.05) is 35.7 Å². The highest BCUT2D eigenvalue weighted by molar-refractivity contribution is 7.80. The summed E-state index contributed by atoms with van der Waals surface area (Å²) < 4.78 is 0. The molecule has 0 saturated heterocycles. The van der Waals surface area contributed by atoms with E-state index in [0.717, 1.165) is 22.0 Å². The lowest BCUT2D eigenvalue weighted by Crippen LogP contribution is -2.58. The number of hydrogen-bond acceptors (Lipinski definition) is 7. The van der Waals surface area contributed by atoms with Crippen molar-refractivity contribution in [2.75, 3.05) is 5.75 Å². The summed E-state index contributed by atoms with van der Waals surface area (Å²) in [6, 6.07) is 18.1. The third kappa shape index (κ3) is 8.62. The number of aromatic nitrogens is 1. The summed E-state index contributed by atoms with van der Waals surface area (Å²) in [6.07, 6.45) is 2.10. The Kier molecular flexibility index (Phi) is 11.0. The van der Waals surface area contributed by atoms with E-state index in [-0.39, 0.29) is 30.8 Å². The molecule has 0 aliphatic carbocycles. The maximum atomic E-state index is 13.7. The van der Waals surface area contributed by atoms with Crippen LogP contribution >= 0.6 is 12.6 Å². The lowest BCUT2D eigenvalue weighted by atomic mass is 10.0. The van der Waals surface area contributed by atoms with Crippen LogP contribution in [0.25, 0.3) is 10.9 Å². The molecule has 0 spiro atoms. The number of carbonyl (C=O) groups excluding carboxylic acids is 3. The Balaban J connectivity index is 1.54. The number of hydrogen-bond donors (Lipinski definition) is 8. The molecule has 4 aromatic rings. The minimum atomic E-state index is -1.27. The molecular weight excluding hydrogens is 582 g/mol. The van der Waals surface area contributed by atoms with Crippen LogP contribution in [0.5, 0.6) is 5.75 Å². The first kappa shape index (κ1) is 32.1. The molecule has 1 heterocycles. The van der Waals surface area contributed by atoms with Crippen LogP contribution in [0.4, 0.5) is 0 Å². The summed E-state index contributed by atoms with van der Waals surface area (Å²) in [5.74, 6) is -3.33. The lowest BCUT2D eigenvalue weighted by Gasteiger charge is -2.25. The normalized spacial score (nSPS) is 13.8. The SMILES string of the molecule is NC(Cc1c[nH]c2ccccc12)C(=O)NC(Cc1ccc(O)cc1)C(=O)NC(Cc1ccccc1)C(=O)NC(CS)C(=O)O. The fourth-order valence-electron chi connectivity index (χ4n) is 4.78. The molecule has 3 amide bonds. The van der Waals surface area contributed by atoms with E-state index in [4.69, 9.17) is 5.73 Å². The van der Waals surface area contributed by atoms with Crippen LogP contribution in [0, 0.1) is 0 Å². The van der Waals surface area contributed by atoms with E-state index in [1.807, 2.05) is 24.3 Å². The van der Waals surface area contributed by atoms with Gasteiger partial charge in [0.05, 0.1) is 6.04 Å². The van der Waals surface area contributed by atoms with Gasteiger partial charge in [-0.15, -0.1) is 0 Å². The number of rotatable bonds is 14. The van der Waals surface area contributed by atoms with Gasteiger partial charge in [-0.2, -0.15) is 12.6 Å². The molecule has 230 valence electrons. The number of nitrogens with two attached hydrogens (primary N) is 1. The molecule has 44 heavy (non-hydrogen) atoms. The van der Waals surface area contributed by atoms with Crippen molar-refractivity contribution in [2.24, 2.45) is 5.73 Å². The number of aromatic amines is 1. The summed E-state index contributed by atoms with van der Waals surface area (Å²) >= 11 is 4.01. The number of nitrogens with one attached hydrogen (secondary N) is 4. The Morgan fingerprint density at radius 3 is 1.89 bits per heavy atom. The number of benzene rings is 3. The topological polar surface area (TPSA) is 187 Å². The number of aliphatic carboxylic acids is 1. The second kappa shape index (κ2) is 15.1. The molecule has 3 aromatic carbocycles. The molecule has 0 aliphatic rings. The van der Waals surface area contributed by atoms with Crippen LogP contribution in [0.15, 0.2) is 85.1 Å². The van der Waals surface area contributed by atoms with Crippen molar-refractivity contribution in [3.8, 4) is 5.75 Å². The van der Waals surface area contributed by atoms with E-state index in [1.165, 1.54) is 12.1 Å². The molecule has 11 nitrogen and oxygen atoms in total. The first-order valence-corrected chi connectivity index (χ1v) is 14.6. The highest BCUT2D eigenvalue weighted by Gasteiger charge is 2.30. The van der Waals surface area contributed by atoms with E-state index in [1.54, 1.807) is 48.7 Å². The summed E-state index contributed by atoms with van der Waals surface area (Å²) in [7, 11) is 0. The average molecular weight is 618 g/mol. The van der Waals surface area contributed by atoms with Gasteiger partial charge in [0.15, 0.2) is 0 Å². The van der Waals surface area contributed by atoms with Gasteiger partial charge in [-0.05, 0) is 41.3 Å². The van der Waals surface area contributed by atoms with Gasteiger partial charge in [0.1, 0.15) is 23.9 Å². The Labute approximate surface area is 259 Å². The minimum absolute atomic E-state index is 0.0335. The monoisotopic (exact) mass is 617 g/mol. The number of H-pyrrole nitrogens is 1. The molecule has 4 atom stereocenters. The van der Waals surface area contributed by atoms with Crippen LogP contribution in [0.3, 0.4) is 0 Å². The van der Waals surface area contributed by atoms with Gasteiger partial charge in [-0.25, -0.2) is 4.79 Å². The van der Waals surface area contributed by atoms with Crippen molar-refractivity contribution in [3.05, 3.63) is 102 Å².